The minimum atomic E-state index is -3.91. The normalized spacial score (nSPS) is 9.97. The molecule has 0 saturated heterocycles. The third-order valence-corrected chi connectivity index (χ3v) is 6.22. The zero-order chi connectivity index (χ0) is 29.2. The van der Waals surface area contributed by atoms with Gasteiger partial charge in [-0.3, -0.25) is 0 Å². The Balaban J connectivity index is 1.80. The number of nitrogens with two attached hydrogens (primary N) is 3. The van der Waals surface area contributed by atoms with Gasteiger partial charge in [-0.1, -0.05) is 0 Å². The highest BCUT2D eigenvalue weighted by Crippen LogP contribution is 2.14. The smallest absolute Gasteiger partial charge is 0.547 e. The van der Waals surface area contributed by atoms with E-state index in [0.29, 0.717) is 0 Å². The number of carbonyl (C=O) groups excluding carboxylic acids is 6. The fraction of sp³-hybridized carbons (Fsp3) is 0. The minimum Gasteiger partial charge on any atom is -0.547 e. The Kier molecular flexibility index (Phi) is 10.0. The molecule has 0 aromatic heterocycles. The molecule has 40 heavy (non-hydrogen) atoms. The van der Waals surface area contributed by atoms with Gasteiger partial charge >= 0.3 is 51.0 Å². The van der Waals surface area contributed by atoms with E-state index in [9.17, 15) is 28.8 Å². The van der Waals surface area contributed by atoms with Crippen LogP contribution in [-0.4, -0.2) is 51.0 Å². The number of hydrogen-bond donors (Lipinski definition) is 3. The van der Waals surface area contributed by atoms with Crippen molar-refractivity contribution in [2.45, 2.75) is 0 Å². The van der Waals surface area contributed by atoms with Crippen molar-refractivity contribution in [1.29, 1.82) is 0 Å². The molecule has 6 N–H and O–H groups in total. The molecule has 16 heteroatoms. The predicted octanol–water partition coefficient (Wildman–Crippen LogP) is 0.634. The fourth-order valence-corrected chi connectivity index (χ4v) is 4.05. The van der Waals surface area contributed by atoms with E-state index in [2.05, 4.69) is 14.5 Å². The van der Waals surface area contributed by atoms with Gasteiger partial charge in [0, 0.05) is 0 Å². The first-order valence-electron chi connectivity index (χ1n) is 10.8. The molecular weight excluding hydrogens is 549 g/mol. The maximum absolute atomic E-state index is 12.7. The lowest BCUT2D eigenvalue weighted by Gasteiger charge is -2.14. The lowest BCUT2D eigenvalue weighted by Crippen LogP contribution is -2.35. The summed E-state index contributed by atoms with van der Waals surface area (Å²) in [5, 5.41) is 0. The minimum absolute atomic E-state index is 0.0367. The molecule has 0 unspecified atom stereocenters. The van der Waals surface area contributed by atoms with Crippen LogP contribution in [0.15, 0.2) is 72.8 Å². The Labute approximate surface area is 229 Å². The molecule has 3 aromatic carbocycles. The molecule has 0 atom stereocenters. The quantitative estimate of drug-likeness (QED) is 0.237. The van der Waals surface area contributed by atoms with Crippen molar-refractivity contribution in [1.82, 2.24) is 0 Å². The van der Waals surface area contributed by atoms with E-state index in [0.717, 1.165) is 0 Å². The maximum Gasteiger partial charge on any atom is 1.20 e. The van der Waals surface area contributed by atoms with E-state index in [1.165, 1.54) is 72.8 Å². The standard InChI is InChI=1S/3C8H7NO4.Al/c3*9-13-8(12)6-3-1-5(2-4-6)7(10)11;/h3*1-4H,9H2,(H,10,11);/q;;;+3/p-3. The molecule has 0 fully saturated rings. The molecule has 3 aromatic rings. The second-order valence-corrected chi connectivity index (χ2v) is 8.74. The second-order valence-electron chi connectivity index (χ2n) is 7.45. The van der Waals surface area contributed by atoms with Crippen molar-refractivity contribution in [3.63, 3.8) is 0 Å². The molecule has 0 saturated carbocycles. The Morgan fingerprint density at radius 1 is 0.375 bits per heavy atom. The topological polar surface area (TPSA) is 236 Å². The van der Waals surface area contributed by atoms with Crippen LogP contribution in [-0.2, 0) is 25.9 Å². The number of benzene rings is 3. The van der Waals surface area contributed by atoms with E-state index < -0.39 is 51.0 Å². The van der Waals surface area contributed by atoms with E-state index >= 15 is 0 Å². The number of carbonyl (C=O) groups is 6. The molecule has 15 nitrogen and oxygen atoms in total. The molecule has 0 amide bonds. The zero-order valence-electron chi connectivity index (χ0n) is 20.1. The highest BCUT2D eigenvalue weighted by atomic mass is 27.3. The Bertz CT molecular complexity index is 1250. The summed E-state index contributed by atoms with van der Waals surface area (Å²) in [5.74, 6) is 8.77. The van der Waals surface area contributed by atoms with Gasteiger partial charge in [-0.25, -0.2) is 28.8 Å². The van der Waals surface area contributed by atoms with Gasteiger partial charge in [-0.15, -0.1) is 0 Å². The van der Waals surface area contributed by atoms with Crippen molar-refractivity contribution in [3.8, 4) is 0 Å². The van der Waals surface area contributed by atoms with Gasteiger partial charge in [-0.2, -0.15) is 17.7 Å². The van der Waals surface area contributed by atoms with Gasteiger partial charge in [0.2, 0.25) is 0 Å². The van der Waals surface area contributed by atoms with Gasteiger partial charge in [0.25, 0.3) is 0 Å². The first-order chi connectivity index (χ1) is 19.2. The zero-order valence-corrected chi connectivity index (χ0v) is 21.3. The van der Waals surface area contributed by atoms with E-state index in [1.54, 1.807) is 0 Å². The van der Waals surface area contributed by atoms with Gasteiger partial charge in [0.05, 0.1) is 33.4 Å². The summed E-state index contributed by atoms with van der Waals surface area (Å²) in [7, 11) is 0. The van der Waals surface area contributed by atoms with Crippen LogP contribution in [0.25, 0.3) is 0 Å². The largest absolute Gasteiger partial charge is 1.20 e. The molecule has 0 heterocycles. The fourth-order valence-electron chi connectivity index (χ4n) is 2.97. The van der Waals surface area contributed by atoms with Crippen LogP contribution in [0.5, 0.6) is 0 Å². The van der Waals surface area contributed by atoms with Gasteiger partial charge in [-0.05, 0) is 72.8 Å². The summed E-state index contributed by atoms with van der Waals surface area (Å²) in [5.41, 5.74) is -0.161. The van der Waals surface area contributed by atoms with Crippen molar-refractivity contribution >= 4 is 51.0 Å². The second kappa shape index (κ2) is 13.6. The molecule has 3 rings (SSSR count). The summed E-state index contributed by atoms with van der Waals surface area (Å²) in [6, 6.07) is 14.6. The van der Waals surface area contributed by atoms with Crippen LogP contribution in [0, 0.1) is 0 Å². The van der Waals surface area contributed by atoms with Crippen LogP contribution in [0.4, 0.5) is 0 Å². The summed E-state index contributed by atoms with van der Waals surface area (Å²) < 4.78 is 15.6. The third-order valence-electron chi connectivity index (χ3n) is 5.00. The number of rotatable bonds is 9. The summed E-state index contributed by atoms with van der Waals surface area (Å²) in [4.78, 5) is 84.9. The molecule has 204 valence electrons. The van der Waals surface area contributed by atoms with Crippen molar-refractivity contribution < 1.29 is 54.6 Å². The van der Waals surface area contributed by atoms with E-state index in [-0.39, 0.29) is 33.4 Å². The maximum atomic E-state index is 12.7. The third kappa shape index (κ3) is 7.48. The lowest BCUT2D eigenvalue weighted by atomic mass is 10.1. The first kappa shape index (κ1) is 29.4. The monoisotopic (exact) mass is 567 g/mol. The van der Waals surface area contributed by atoms with Crippen LogP contribution >= 0.6 is 0 Å². The summed E-state index contributed by atoms with van der Waals surface area (Å²) in [6.45, 7) is 0. The van der Waals surface area contributed by atoms with Gasteiger partial charge < -0.3 is 25.9 Å². The first-order valence-corrected chi connectivity index (χ1v) is 12.2. The van der Waals surface area contributed by atoms with Crippen LogP contribution in [0.3, 0.4) is 0 Å². The van der Waals surface area contributed by atoms with E-state index in [4.69, 9.17) is 29.1 Å². The Morgan fingerprint density at radius 2 is 0.550 bits per heavy atom. The highest BCUT2D eigenvalue weighted by molar-refractivity contribution is 6.45. The highest BCUT2D eigenvalue weighted by Gasteiger charge is 2.49. The molecule has 0 aliphatic carbocycles. The summed E-state index contributed by atoms with van der Waals surface area (Å²) >= 11 is -3.91. The van der Waals surface area contributed by atoms with Crippen LogP contribution in [0.2, 0.25) is 0 Å². The van der Waals surface area contributed by atoms with Crippen molar-refractivity contribution in [2.24, 2.45) is 17.7 Å². The van der Waals surface area contributed by atoms with Crippen LogP contribution < -0.4 is 17.7 Å². The number of hydrogen-bond acceptors (Lipinski definition) is 15. The molecule has 0 radical (unpaired) electrons. The molecular formula is C24H18AlN3O12. The predicted molar refractivity (Wildman–Crippen MR) is 130 cm³/mol. The Hall–Kier alpha value is -5.11. The average Bonchev–Trinajstić information content (AvgIpc) is 2.99. The average molecular weight is 567 g/mol. The van der Waals surface area contributed by atoms with Crippen molar-refractivity contribution in [3.05, 3.63) is 106 Å². The molecule has 0 aliphatic heterocycles. The van der Waals surface area contributed by atoms with Gasteiger partial charge in [0.1, 0.15) is 0 Å². The van der Waals surface area contributed by atoms with E-state index in [1.807, 2.05) is 0 Å². The molecule has 0 aliphatic rings. The Morgan fingerprint density at radius 3 is 0.725 bits per heavy atom. The van der Waals surface area contributed by atoms with Gasteiger partial charge in [0.15, 0.2) is 0 Å². The lowest BCUT2D eigenvalue weighted by molar-refractivity contribution is 0.0400. The van der Waals surface area contributed by atoms with Crippen LogP contribution in [0.1, 0.15) is 62.1 Å². The molecule has 0 bridgehead atoms. The summed E-state index contributed by atoms with van der Waals surface area (Å²) in [6.07, 6.45) is 0. The molecule has 0 spiro atoms. The SMILES string of the molecule is NOC(=O)c1ccc(C(=O)[O][Al]([O]C(=O)c2ccc(C(=O)ON)cc2)[O]C(=O)c2ccc(C(=O)ON)cc2)cc1. The van der Waals surface area contributed by atoms with Crippen molar-refractivity contribution in [2.75, 3.05) is 0 Å².